The topological polar surface area (TPSA) is 135 Å². The van der Waals surface area contributed by atoms with Gasteiger partial charge in [-0.25, -0.2) is 0 Å². The normalized spacial score (nSPS) is 19.9. The summed E-state index contributed by atoms with van der Waals surface area (Å²) >= 11 is 0. The summed E-state index contributed by atoms with van der Waals surface area (Å²) in [6.07, 6.45) is 56.4. The Balaban J connectivity index is 2.21. The molecule has 1 heterocycles. The van der Waals surface area contributed by atoms with Crippen LogP contribution in [0.3, 0.4) is 0 Å². The molecule has 1 rings (SSSR count). The predicted molar refractivity (Wildman–Crippen MR) is 274 cm³/mol. The van der Waals surface area contributed by atoms with Gasteiger partial charge < -0.3 is 39.4 Å². The van der Waals surface area contributed by atoms with Crippen LogP contribution in [0.4, 0.5) is 0 Å². The second kappa shape index (κ2) is 47.7. The molecule has 1 aliphatic rings. The van der Waals surface area contributed by atoms with E-state index in [1.807, 2.05) is 0 Å². The molecular formula is C57H100O9. The summed E-state index contributed by atoms with van der Waals surface area (Å²) in [5.41, 5.74) is 0. The van der Waals surface area contributed by atoms with Crippen molar-refractivity contribution in [3.8, 4) is 0 Å². The summed E-state index contributed by atoms with van der Waals surface area (Å²) in [4.78, 5) is 12.8. The predicted octanol–water partition coefficient (Wildman–Crippen LogP) is 13.6. The molecule has 0 spiro atoms. The third kappa shape index (κ3) is 37.6. The minimum Gasteiger partial charge on any atom is -0.457 e. The van der Waals surface area contributed by atoms with Crippen LogP contribution in [0.15, 0.2) is 72.9 Å². The summed E-state index contributed by atoms with van der Waals surface area (Å²) in [7, 11) is 0. The molecule has 1 fully saturated rings. The van der Waals surface area contributed by atoms with Gasteiger partial charge in [-0.2, -0.15) is 0 Å². The van der Waals surface area contributed by atoms with Gasteiger partial charge in [0.2, 0.25) is 0 Å². The van der Waals surface area contributed by atoms with Crippen molar-refractivity contribution in [2.24, 2.45) is 0 Å². The number of hydrogen-bond acceptors (Lipinski definition) is 9. The second-order valence-electron chi connectivity index (χ2n) is 18.3. The summed E-state index contributed by atoms with van der Waals surface area (Å²) in [6.45, 7) is 4.50. The smallest absolute Gasteiger partial charge is 0.306 e. The summed E-state index contributed by atoms with van der Waals surface area (Å²) in [6, 6.07) is 0. The van der Waals surface area contributed by atoms with Gasteiger partial charge in [0.1, 0.15) is 30.5 Å². The maximum absolute atomic E-state index is 12.8. The third-order valence-electron chi connectivity index (χ3n) is 12.1. The first-order valence-corrected chi connectivity index (χ1v) is 27.0. The first kappa shape index (κ1) is 61.6. The van der Waals surface area contributed by atoms with Gasteiger partial charge in [-0.15, -0.1) is 0 Å². The van der Waals surface area contributed by atoms with E-state index >= 15 is 0 Å². The van der Waals surface area contributed by atoms with Gasteiger partial charge in [-0.05, 0) is 89.9 Å². The van der Waals surface area contributed by atoms with Crippen molar-refractivity contribution in [1.82, 2.24) is 0 Å². The molecule has 0 bridgehead atoms. The van der Waals surface area contributed by atoms with Crippen molar-refractivity contribution in [3.63, 3.8) is 0 Å². The minimum atomic E-state index is -1.54. The Bertz CT molecular complexity index is 1240. The number of hydrogen-bond donors (Lipinski definition) is 4. The number of allylic oxidation sites excluding steroid dienone is 12. The van der Waals surface area contributed by atoms with Crippen LogP contribution in [0.1, 0.15) is 219 Å². The zero-order chi connectivity index (χ0) is 47.8. The van der Waals surface area contributed by atoms with Crippen molar-refractivity contribution in [1.29, 1.82) is 0 Å². The Morgan fingerprint density at radius 3 is 1.35 bits per heavy atom. The lowest BCUT2D eigenvalue weighted by atomic mass is 9.99. The fourth-order valence-electron chi connectivity index (χ4n) is 7.86. The first-order chi connectivity index (χ1) is 32.4. The highest BCUT2D eigenvalue weighted by atomic mass is 16.7. The molecule has 0 radical (unpaired) electrons. The van der Waals surface area contributed by atoms with Gasteiger partial charge in [0, 0.05) is 13.0 Å². The van der Waals surface area contributed by atoms with Crippen LogP contribution in [0.25, 0.3) is 0 Å². The zero-order valence-electron chi connectivity index (χ0n) is 42.2. The van der Waals surface area contributed by atoms with Gasteiger partial charge in [-0.1, -0.05) is 196 Å². The second-order valence-corrected chi connectivity index (χ2v) is 18.3. The average molecular weight is 929 g/mol. The molecule has 0 saturated carbocycles. The van der Waals surface area contributed by atoms with Crippen LogP contribution in [0.2, 0.25) is 0 Å². The molecule has 0 aromatic rings. The third-order valence-corrected chi connectivity index (χ3v) is 12.1. The maximum Gasteiger partial charge on any atom is 0.306 e. The quantitative estimate of drug-likeness (QED) is 0.0267. The van der Waals surface area contributed by atoms with Gasteiger partial charge in [0.15, 0.2) is 6.29 Å². The largest absolute Gasteiger partial charge is 0.457 e. The highest BCUT2D eigenvalue weighted by Gasteiger charge is 2.44. The molecule has 9 nitrogen and oxygen atoms in total. The average Bonchev–Trinajstić information content (AvgIpc) is 3.32. The molecule has 6 unspecified atom stereocenters. The molecular weight excluding hydrogens is 829 g/mol. The van der Waals surface area contributed by atoms with Crippen LogP contribution in [0, 0.1) is 0 Å². The highest BCUT2D eigenvalue weighted by Crippen LogP contribution is 2.23. The number of carbonyl (C=O) groups excluding carboxylic acids is 1. The lowest BCUT2D eigenvalue weighted by Crippen LogP contribution is -2.59. The number of aliphatic hydroxyl groups is 4. The molecule has 66 heavy (non-hydrogen) atoms. The van der Waals surface area contributed by atoms with Gasteiger partial charge in [0.25, 0.3) is 0 Å². The molecule has 9 heteroatoms. The maximum atomic E-state index is 12.8. The van der Waals surface area contributed by atoms with Crippen molar-refractivity contribution < 1.29 is 44.2 Å². The Hall–Kier alpha value is -2.37. The molecule has 0 amide bonds. The van der Waals surface area contributed by atoms with Crippen LogP contribution in [-0.4, -0.2) is 89.6 Å². The molecule has 6 atom stereocenters. The summed E-state index contributed by atoms with van der Waals surface area (Å²) in [5.74, 6) is -0.329. The van der Waals surface area contributed by atoms with E-state index in [1.54, 1.807) is 0 Å². The van der Waals surface area contributed by atoms with Crippen LogP contribution in [0.5, 0.6) is 0 Å². The lowest BCUT2D eigenvalue weighted by Gasteiger charge is -2.39. The fourth-order valence-corrected chi connectivity index (χ4v) is 7.86. The van der Waals surface area contributed by atoms with Crippen molar-refractivity contribution >= 4 is 5.97 Å². The Morgan fingerprint density at radius 2 is 0.879 bits per heavy atom. The lowest BCUT2D eigenvalue weighted by molar-refractivity contribution is -0.305. The van der Waals surface area contributed by atoms with E-state index in [-0.39, 0.29) is 19.2 Å². The molecule has 1 aliphatic heterocycles. The minimum absolute atomic E-state index is 0.124. The van der Waals surface area contributed by atoms with E-state index in [0.717, 1.165) is 70.6 Å². The van der Waals surface area contributed by atoms with E-state index in [4.69, 9.17) is 18.9 Å². The van der Waals surface area contributed by atoms with Crippen LogP contribution >= 0.6 is 0 Å². The molecule has 0 aromatic carbocycles. The summed E-state index contributed by atoms with van der Waals surface area (Å²) in [5, 5.41) is 40.3. The Morgan fingerprint density at radius 1 is 0.485 bits per heavy atom. The van der Waals surface area contributed by atoms with Crippen molar-refractivity contribution in [2.75, 3.05) is 26.4 Å². The van der Waals surface area contributed by atoms with Gasteiger partial charge >= 0.3 is 5.97 Å². The van der Waals surface area contributed by atoms with Crippen LogP contribution in [-0.2, 0) is 23.7 Å². The number of esters is 1. The fraction of sp³-hybridized carbons (Fsp3) is 0.772. The first-order valence-electron chi connectivity index (χ1n) is 27.0. The van der Waals surface area contributed by atoms with Gasteiger partial charge in [-0.3, -0.25) is 4.79 Å². The number of unbranched alkanes of at least 4 members (excludes halogenated alkanes) is 23. The molecule has 1 saturated heterocycles. The monoisotopic (exact) mass is 929 g/mol. The SMILES string of the molecule is CCCCC/C=C\C/C=C\C/C=C\CCCCCCCCC(=O)OC(COCCCCCCCCCCC/C=C\C/C=C\C/C=C\CCCCCCC)COC1OC(CO)C(O)C(O)C1O. The zero-order valence-corrected chi connectivity index (χ0v) is 42.2. The molecule has 0 aliphatic carbocycles. The van der Waals surface area contributed by atoms with Crippen molar-refractivity contribution in [3.05, 3.63) is 72.9 Å². The number of ether oxygens (including phenoxy) is 4. The van der Waals surface area contributed by atoms with E-state index in [2.05, 4.69) is 86.8 Å². The molecule has 0 aromatic heterocycles. The van der Waals surface area contributed by atoms with Crippen LogP contribution < -0.4 is 0 Å². The van der Waals surface area contributed by atoms with E-state index < -0.39 is 43.4 Å². The standard InChI is InChI=1S/C57H100O9/c1-3-5-7-9-11-13-15-17-19-21-23-24-25-26-27-29-31-33-35-37-39-41-43-45-47-63-49-51(50-64-57-56(62)55(61)54(60)52(48-58)66-57)65-53(59)46-44-42-40-38-36-34-32-30-28-22-20-18-16-14-12-10-8-6-4-2/h12,14-15,17-18,20-21,23,25-26,28,30,51-52,54-58,60-62H,3-11,13,16,19,22,24,27,29,31-50H2,1-2H3/b14-12-,17-15-,20-18-,23-21-,26-25-,30-28-. The molecule has 4 N–H and O–H groups in total. The molecule has 382 valence electrons. The Kier molecular flexibility index (Phi) is 44.5. The number of aliphatic hydroxyl groups excluding tert-OH is 4. The van der Waals surface area contributed by atoms with E-state index in [1.165, 1.54) is 128 Å². The Labute approximate surface area is 404 Å². The summed E-state index contributed by atoms with van der Waals surface area (Å²) < 4.78 is 22.9. The van der Waals surface area contributed by atoms with E-state index in [9.17, 15) is 25.2 Å². The number of rotatable bonds is 46. The van der Waals surface area contributed by atoms with Crippen molar-refractivity contribution in [2.45, 2.75) is 256 Å². The highest BCUT2D eigenvalue weighted by molar-refractivity contribution is 5.69. The van der Waals surface area contributed by atoms with E-state index in [0.29, 0.717) is 13.0 Å². The van der Waals surface area contributed by atoms with Gasteiger partial charge in [0.05, 0.1) is 19.8 Å². The number of carbonyl (C=O) groups is 1.